The van der Waals surface area contributed by atoms with Crippen LogP contribution in [0.3, 0.4) is 0 Å². The molecule has 0 atom stereocenters. The molecule has 4 nitrogen and oxygen atoms in total. The molecule has 1 aliphatic rings. The summed E-state index contributed by atoms with van der Waals surface area (Å²) in [4.78, 5) is 0. The van der Waals surface area contributed by atoms with E-state index >= 15 is 0 Å². The van der Waals surface area contributed by atoms with Gasteiger partial charge >= 0.3 is 0 Å². The largest absolute Gasteiger partial charge is 0.312 e. The zero-order valence-corrected chi connectivity index (χ0v) is 26.1. The lowest BCUT2D eigenvalue weighted by molar-refractivity contribution is 0.889. The van der Waals surface area contributed by atoms with Crippen molar-refractivity contribution >= 4 is 38.8 Å². The molecule has 2 heterocycles. The molecule has 1 aliphatic carbocycles. The number of fused-ring (bicyclic) bond motifs is 6. The summed E-state index contributed by atoms with van der Waals surface area (Å²) in [5, 5.41) is 24.4. The second-order valence-electron chi connectivity index (χ2n) is 12.3. The lowest BCUT2D eigenvalue weighted by Crippen LogP contribution is -2.05. The summed E-state index contributed by atoms with van der Waals surface area (Å²) in [7, 11) is 0. The van der Waals surface area contributed by atoms with Crippen molar-refractivity contribution in [2.75, 3.05) is 0 Å². The summed E-state index contributed by atoms with van der Waals surface area (Å²) in [5.74, 6) is 0. The molecule has 2 aromatic heterocycles. The molecule has 8 aromatic rings. The van der Waals surface area contributed by atoms with E-state index in [0.29, 0.717) is 11.1 Å². The van der Waals surface area contributed by atoms with Crippen molar-refractivity contribution in [1.29, 1.82) is 10.5 Å². The van der Waals surface area contributed by atoms with Gasteiger partial charge in [-0.3, -0.25) is 0 Å². The Morgan fingerprint density at radius 2 is 1.21 bits per heavy atom. The van der Waals surface area contributed by atoms with Gasteiger partial charge in [-0.2, -0.15) is 10.5 Å². The van der Waals surface area contributed by atoms with Crippen molar-refractivity contribution in [3.05, 3.63) is 162 Å². The van der Waals surface area contributed by atoms with Crippen molar-refractivity contribution in [1.82, 2.24) is 9.13 Å². The molecule has 0 unspecified atom stereocenters. The minimum atomic E-state index is 0.365. The fourth-order valence-corrected chi connectivity index (χ4v) is 7.61. The summed E-state index contributed by atoms with van der Waals surface area (Å²) < 4.78 is 4.66. The lowest BCUT2D eigenvalue weighted by Gasteiger charge is -2.18. The van der Waals surface area contributed by atoms with Gasteiger partial charge in [0.1, 0.15) is 12.1 Å². The molecule has 0 spiro atoms. The van der Waals surface area contributed by atoms with Crippen LogP contribution < -0.4 is 0 Å². The number of allylic oxidation sites excluding steroid dienone is 1. The molecule has 4 heteroatoms. The minimum Gasteiger partial charge on any atom is -0.312 e. The molecule has 9 rings (SSSR count). The highest BCUT2D eigenvalue weighted by molar-refractivity contribution is 6.09. The molecule has 48 heavy (non-hydrogen) atoms. The van der Waals surface area contributed by atoms with Gasteiger partial charge in [0.2, 0.25) is 0 Å². The van der Waals surface area contributed by atoms with Crippen molar-refractivity contribution in [2.45, 2.75) is 12.8 Å². The molecule has 0 aliphatic heterocycles. The lowest BCUT2D eigenvalue weighted by atomic mass is 9.90. The Morgan fingerprint density at radius 3 is 1.94 bits per heavy atom. The van der Waals surface area contributed by atoms with Gasteiger partial charge in [0.05, 0.1) is 33.4 Å². The number of para-hydroxylation sites is 4. The van der Waals surface area contributed by atoms with E-state index in [0.717, 1.165) is 63.0 Å². The molecule has 0 bridgehead atoms. The van der Waals surface area contributed by atoms with Crippen LogP contribution in [-0.4, -0.2) is 9.13 Å². The Labute approximate surface area is 278 Å². The molecular formula is C44H28N4. The number of aromatic nitrogens is 2. The Bertz CT molecular complexity index is 2650. The van der Waals surface area contributed by atoms with E-state index in [1.54, 1.807) is 0 Å². The molecule has 0 saturated heterocycles. The van der Waals surface area contributed by atoms with Gasteiger partial charge in [0.25, 0.3) is 0 Å². The molecule has 0 radical (unpaired) electrons. The highest BCUT2D eigenvalue weighted by Gasteiger charge is 2.22. The highest BCUT2D eigenvalue weighted by Crippen LogP contribution is 2.40. The zero-order chi connectivity index (χ0) is 32.2. The van der Waals surface area contributed by atoms with Gasteiger partial charge in [0.15, 0.2) is 0 Å². The maximum atomic E-state index is 10.4. The van der Waals surface area contributed by atoms with Crippen LogP contribution in [0.5, 0.6) is 0 Å². The second kappa shape index (κ2) is 11.0. The highest BCUT2D eigenvalue weighted by atomic mass is 15.0. The molecule has 0 fully saturated rings. The maximum absolute atomic E-state index is 10.4. The number of hydrogen-bond acceptors (Lipinski definition) is 2. The van der Waals surface area contributed by atoms with Gasteiger partial charge in [0, 0.05) is 44.2 Å². The molecular weight excluding hydrogens is 585 g/mol. The fourth-order valence-electron chi connectivity index (χ4n) is 7.61. The third-order valence-corrected chi connectivity index (χ3v) is 9.67. The van der Waals surface area contributed by atoms with Gasteiger partial charge in [-0.1, -0.05) is 97.1 Å². The quantitative estimate of drug-likeness (QED) is 0.199. The van der Waals surface area contributed by atoms with Crippen molar-refractivity contribution < 1.29 is 0 Å². The molecule has 0 N–H and O–H groups in total. The number of benzene rings is 6. The van der Waals surface area contributed by atoms with E-state index in [1.807, 2.05) is 24.3 Å². The second-order valence-corrected chi connectivity index (χ2v) is 12.3. The summed E-state index contributed by atoms with van der Waals surface area (Å²) in [6, 6.07) is 50.8. The average molecular weight is 613 g/mol. The van der Waals surface area contributed by atoms with Crippen LogP contribution in [0.15, 0.2) is 140 Å². The summed E-state index contributed by atoms with van der Waals surface area (Å²) >= 11 is 0. The van der Waals surface area contributed by atoms with Gasteiger partial charge in [-0.15, -0.1) is 0 Å². The predicted octanol–water partition coefficient (Wildman–Crippen LogP) is 10.8. The number of nitriles is 2. The zero-order valence-electron chi connectivity index (χ0n) is 26.1. The van der Waals surface area contributed by atoms with Crippen molar-refractivity contribution in [3.8, 4) is 45.8 Å². The SMILES string of the molecule is N#Cc1cc(-c2ccccc2-n2c3c(c4ccccc42)C=CCC3)cc(-c2cccc(-n3c4ccccc4c4ccccc43)c2)c1C#N. The summed E-state index contributed by atoms with van der Waals surface area (Å²) in [6.45, 7) is 0. The first-order valence-corrected chi connectivity index (χ1v) is 16.2. The topological polar surface area (TPSA) is 57.4 Å². The Balaban J connectivity index is 1.27. The molecule has 0 amide bonds. The van der Waals surface area contributed by atoms with Crippen LogP contribution >= 0.6 is 0 Å². The third kappa shape index (κ3) is 4.14. The van der Waals surface area contributed by atoms with Gasteiger partial charge in [-0.05, 0) is 72.5 Å². The Morgan fingerprint density at radius 1 is 0.542 bits per heavy atom. The number of nitrogens with zero attached hydrogens (tertiary/aromatic N) is 4. The van der Waals surface area contributed by atoms with E-state index in [2.05, 4.69) is 143 Å². The third-order valence-electron chi connectivity index (χ3n) is 9.67. The van der Waals surface area contributed by atoms with Crippen molar-refractivity contribution in [2.24, 2.45) is 0 Å². The standard InChI is InChI=1S/C44H28N4/c45-27-31-24-30(33-14-1-6-19-40(33)48-43-22-9-4-17-36(43)37-18-5-10-23-44(37)48)26-38(39(31)28-46)29-12-11-13-32(25-29)47-41-20-7-2-15-34(41)35-16-3-8-21-42(35)47/h1-9,11-22,24-26H,10,23H2. The first kappa shape index (κ1) is 27.7. The first-order valence-electron chi connectivity index (χ1n) is 16.2. The maximum Gasteiger partial charge on any atom is 0.101 e. The van der Waals surface area contributed by atoms with Crippen molar-refractivity contribution in [3.63, 3.8) is 0 Å². The monoisotopic (exact) mass is 612 g/mol. The van der Waals surface area contributed by atoms with E-state index < -0.39 is 0 Å². The van der Waals surface area contributed by atoms with E-state index in [4.69, 9.17) is 0 Å². The normalized spacial score (nSPS) is 12.3. The first-order chi connectivity index (χ1) is 23.7. The molecule has 0 saturated carbocycles. The summed E-state index contributed by atoms with van der Waals surface area (Å²) in [5.41, 5.74) is 12.3. The van der Waals surface area contributed by atoms with E-state index in [9.17, 15) is 10.5 Å². The smallest absolute Gasteiger partial charge is 0.101 e. The Kier molecular flexibility index (Phi) is 6.35. The molecule has 224 valence electrons. The Hall–Kier alpha value is -6.62. The van der Waals surface area contributed by atoms with Crippen LogP contribution in [0.4, 0.5) is 0 Å². The van der Waals surface area contributed by atoms with E-state index in [1.165, 1.54) is 27.4 Å². The van der Waals surface area contributed by atoms with E-state index in [-0.39, 0.29) is 0 Å². The number of rotatable bonds is 4. The van der Waals surface area contributed by atoms with Crippen LogP contribution in [-0.2, 0) is 6.42 Å². The van der Waals surface area contributed by atoms with Crippen LogP contribution in [0.1, 0.15) is 28.8 Å². The van der Waals surface area contributed by atoms with Crippen LogP contribution in [0.25, 0.3) is 72.4 Å². The van der Waals surface area contributed by atoms with Crippen LogP contribution in [0.2, 0.25) is 0 Å². The van der Waals surface area contributed by atoms with Crippen LogP contribution in [0, 0.1) is 22.7 Å². The predicted molar refractivity (Wildman–Crippen MR) is 195 cm³/mol. The van der Waals surface area contributed by atoms with Gasteiger partial charge in [-0.25, -0.2) is 0 Å². The fraction of sp³-hybridized carbons (Fsp3) is 0.0455. The summed E-state index contributed by atoms with van der Waals surface area (Å²) in [6.07, 6.45) is 6.45. The average Bonchev–Trinajstić information content (AvgIpc) is 3.67. The molecule has 6 aromatic carbocycles. The minimum absolute atomic E-state index is 0.365. The number of hydrogen-bond donors (Lipinski definition) is 0. The van der Waals surface area contributed by atoms with Gasteiger partial charge < -0.3 is 9.13 Å².